The molecule has 1 atom stereocenters. The number of nitrogens with zero attached hydrogens (tertiary/aromatic N) is 4. The van der Waals surface area contributed by atoms with Gasteiger partial charge in [0.1, 0.15) is 18.6 Å². The summed E-state index contributed by atoms with van der Waals surface area (Å²) in [4.78, 5) is 0. The van der Waals surface area contributed by atoms with Crippen LogP contribution in [0.2, 0.25) is 0 Å². The molecule has 0 saturated heterocycles. The van der Waals surface area contributed by atoms with E-state index >= 15 is 4.39 Å². The molecule has 45 heavy (non-hydrogen) atoms. The van der Waals surface area contributed by atoms with Gasteiger partial charge in [0.15, 0.2) is 17.9 Å². The smallest absolute Gasteiger partial charge is 0.230 e. The van der Waals surface area contributed by atoms with Crippen molar-refractivity contribution in [2.75, 3.05) is 7.05 Å². The van der Waals surface area contributed by atoms with Gasteiger partial charge in [-0.15, -0.1) is 0 Å². The Hall–Kier alpha value is -3.86. The maximum atomic E-state index is 16.1. The summed E-state index contributed by atoms with van der Waals surface area (Å²) in [5, 5.41) is 7.80. The highest BCUT2D eigenvalue weighted by atomic mass is 19.1. The van der Waals surface area contributed by atoms with Gasteiger partial charge in [-0.2, -0.15) is 9.67 Å². The van der Waals surface area contributed by atoms with Gasteiger partial charge in [-0.25, -0.2) is 8.97 Å². The second-order valence-electron chi connectivity index (χ2n) is 14.6. The second kappa shape index (κ2) is 10.9. The first-order valence-electron chi connectivity index (χ1n) is 16.6. The van der Waals surface area contributed by atoms with Crippen LogP contribution in [0.1, 0.15) is 96.3 Å². The lowest BCUT2D eigenvalue weighted by Crippen LogP contribution is -2.61. The van der Waals surface area contributed by atoms with Crippen molar-refractivity contribution in [3.05, 3.63) is 107 Å². The van der Waals surface area contributed by atoms with Crippen LogP contribution in [-0.4, -0.2) is 27.1 Å². The quantitative estimate of drug-likeness (QED) is 0.153. The molecule has 1 aliphatic heterocycles. The minimum atomic E-state index is -0.454. The van der Waals surface area contributed by atoms with Gasteiger partial charge in [0, 0.05) is 47.3 Å². The molecule has 2 aliphatic rings. The molecule has 0 amide bonds. The second-order valence-corrected chi connectivity index (χ2v) is 14.6. The Balaban J connectivity index is 1.66. The summed E-state index contributed by atoms with van der Waals surface area (Å²) in [5.74, 6) is 0.0880. The molecule has 0 bridgehead atoms. The summed E-state index contributed by atoms with van der Waals surface area (Å²) in [6.45, 7) is 22.6. The van der Waals surface area contributed by atoms with Gasteiger partial charge in [0.2, 0.25) is 11.4 Å². The maximum absolute atomic E-state index is 16.1. The fraction of sp³-hybridized carbons (Fsp3) is 0.425. The molecule has 2 aromatic heterocycles. The fourth-order valence-corrected chi connectivity index (χ4v) is 8.30. The molecule has 2 aromatic carbocycles. The van der Waals surface area contributed by atoms with Gasteiger partial charge >= 0.3 is 0 Å². The SMILES string of the molecule is C=C[N+](C)=C(C=CC)c1cc(C(C)(C)C)nn1CC1Cc2ccc(F)c3c2-c2c4c(cccc4cc[n+]2C1(CC)CC)C3(C)C. The third-order valence-electron chi connectivity index (χ3n) is 10.9. The number of hydrogen-bond donors (Lipinski definition) is 0. The van der Waals surface area contributed by atoms with Crippen molar-refractivity contribution in [1.29, 1.82) is 0 Å². The van der Waals surface area contributed by atoms with Gasteiger partial charge < -0.3 is 0 Å². The van der Waals surface area contributed by atoms with Crippen LogP contribution in [-0.2, 0) is 29.3 Å². The maximum Gasteiger partial charge on any atom is 0.230 e. The van der Waals surface area contributed by atoms with E-state index in [1.807, 2.05) is 13.2 Å². The zero-order chi connectivity index (χ0) is 32.5. The number of aromatic nitrogens is 3. The lowest BCUT2D eigenvalue weighted by atomic mass is 9.68. The highest BCUT2D eigenvalue weighted by molar-refractivity contribution is 6.04. The predicted molar refractivity (Wildman–Crippen MR) is 184 cm³/mol. The average molecular weight is 605 g/mol. The van der Waals surface area contributed by atoms with Crippen LogP contribution < -0.4 is 4.57 Å². The van der Waals surface area contributed by atoms with Crippen molar-refractivity contribution in [2.45, 2.75) is 97.6 Å². The molecule has 0 N–H and O–H groups in total. The van der Waals surface area contributed by atoms with Crippen LogP contribution in [0.15, 0.2) is 73.6 Å². The van der Waals surface area contributed by atoms with Crippen molar-refractivity contribution in [1.82, 2.24) is 9.78 Å². The van der Waals surface area contributed by atoms with Crippen molar-refractivity contribution in [3.8, 4) is 11.3 Å². The predicted octanol–water partition coefficient (Wildman–Crippen LogP) is 8.61. The Bertz CT molecular complexity index is 1890. The molecule has 6 rings (SSSR count). The summed E-state index contributed by atoms with van der Waals surface area (Å²) < 4.78 is 23.0. The molecule has 1 unspecified atom stereocenters. The van der Waals surface area contributed by atoms with Crippen LogP contribution in [0, 0.1) is 11.7 Å². The van der Waals surface area contributed by atoms with E-state index in [-0.39, 0.29) is 22.7 Å². The van der Waals surface area contributed by atoms with E-state index in [1.165, 1.54) is 27.6 Å². The van der Waals surface area contributed by atoms with Crippen LogP contribution in [0.5, 0.6) is 0 Å². The number of pyridine rings is 1. The molecule has 4 nitrogen and oxygen atoms in total. The van der Waals surface area contributed by atoms with Gasteiger partial charge in [-0.1, -0.05) is 78.8 Å². The zero-order valence-electron chi connectivity index (χ0n) is 28.6. The van der Waals surface area contributed by atoms with E-state index < -0.39 is 5.41 Å². The van der Waals surface area contributed by atoms with E-state index in [0.717, 1.165) is 54.0 Å². The lowest BCUT2D eigenvalue weighted by Gasteiger charge is -2.36. The van der Waals surface area contributed by atoms with Crippen molar-refractivity contribution in [3.63, 3.8) is 0 Å². The molecule has 234 valence electrons. The molecule has 3 heterocycles. The first-order valence-corrected chi connectivity index (χ1v) is 16.6. The summed E-state index contributed by atoms with van der Waals surface area (Å²) in [6, 6.07) is 14.8. The van der Waals surface area contributed by atoms with Crippen LogP contribution in [0.25, 0.3) is 22.0 Å². The van der Waals surface area contributed by atoms with E-state index in [0.29, 0.717) is 0 Å². The first kappa shape index (κ1) is 31.1. The normalized spacial score (nSPS) is 18.7. The van der Waals surface area contributed by atoms with E-state index in [2.05, 4.69) is 131 Å². The average Bonchev–Trinajstić information content (AvgIpc) is 3.39. The Morgan fingerprint density at radius 1 is 1.16 bits per heavy atom. The van der Waals surface area contributed by atoms with E-state index in [4.69, 9.17) is 5.10 Å². The molecule has 0 saturated carbocycles. The Kier molecular flexibility index (Phi) is 7.54. The molecular formula is C40H49FN4+2. The van der Waals surface area contributed by atoms with Crippen LogP contribution >= 0.6 is 0 Å². The Morgan fingerprint density at radius 3 is 2.53 bits per heavy atom. The topological polar surface area (TPSA) is 24.7 Å². The third kappa shape index (κ3) is 4.56. The zero-order valence-corrected chi connectivity index (χ0v) is 28.6. The van der Waals surface area contributed by atoms with Crippen molar-refractivity contribution in [2.24, 2.45) is 5.92 Å². The molecular weight excluding hydrogens is 555 g/mol. The van der Waals surface area contributed by atoms with Gasteiger partial charge in [-0.05, 0) is 48.6 Å². The largest absolute Gasteiger partial charge is 0.258 e. The molecule has 1 aliphatic carbocycles. The number of benzene rings is 2. The Morgan fingerprint density at radius 2 is 1.89 bits per heavy atom. The van der Waals surface area contributed by atoms with Crippen LogP contribution in [0.3, 0.4) is 0 Å². The molecule has 0 radical (unpaired) electrons. The molecule has 0 fully saturated rings. The van der Waals surface area contributed by atoms with Gasteiger partial charge in [0.25, 0.3) is 0 Å². The summed E-state index contributed by atoms with van der Waals surface area (Å²) in [5.41, 5.74) is 7.99. The molecule has 4 aromatic rings. The number of hydrogen-bond acceptors (Lipinski definition) is 1. The van der Waals surface area contributed by atoms with Crippen LogP contribution in [0.4, 0.5) is 4.39 Å². The molecule has 0 spiro atoms. The van der Waals surface area contributed by atoms with E-state index in [1.54, 1.807) is 6.07 Å². The van der Waals surface area contributed by atoms with Crippen molar-refractivity contribution < 1.29 is 13.5 Å². The number of rotatable bonds is 7. The van der Waals surface area contributed by atoms with Gasteiger partial charge in [0.05, 0.1) is 23.2 Å². The standard InChI is InChI=1S/C40H49FN4/c1-11-16-31(43(10)14-4)32-24-33(38(5,6)7)42-45(32)25-28-23-27-19-20-30(41)36-35(27)37-34-26(17-15-18-29(34)39(36,8)9)21-22-44(37)40(28,12-2)13-3/h11,14-22,24,28H,4,12-13,23,25H2,1-3,5-10H3/q+2. The fourth-order valence-electron chi connectivity index (χ4n) is 8.30. The third-order valence-corrected chi connectivity index (χ3v) is 10.9. The van der Waals surface area contributed by atoms with Crippen molar-refractivity contribution >= 4 is 16.5 Å². The first-order chi connectivity index (χ1) is 21.3. The lowest BCUT2D eigenvalue weighted by molar-refractivity contribution is -0.764. The highest BCUT2D eigenvalue weighted by Gasteiger charge is 2.52. The van der Waals surface area contributed by atoms with Gasteiger partial charge in [-0.3, -0.25) is 4.68 Å². The minimum Gasteiger partial charge on any atom is -0.258 e. The summed E-state index contributed by atoms with van der Waals surface area (Å²) in [7, 11) is 2.04. The number of allylic oxidation sites excluding steroid dienone is 2. The minimum absolute atomic E-state index is 0.107. The van der Waals surface area contributed by atoms with E-state index in [9.17, 15) is 0 Å². The number of halogens is 1. The highest BCUT2D eigenvalue weighted by Crippen LogP contribution is 2.52. The Labute approximate surface area is 268 Å². The summed E-state index contributed by atoms with van der Waals surface area (Å²) in [6.07, 6.45) is 11.1. The molecule has 5 heteroatoms. The summed E-state index contributed by atoms with van der Waals surface area (Å²) >= 11 is 0. The monoisotopic (exact) mass is 604 g/mol.